The van der Waals surface area contributed by atoms with Crippen molar-refractivity contribution in [1.29, 1.82) is 0 Å². The molecule has 7 nitrogen and oxygen atoms in total. The number of nitrogens with zero attached hydrogens (tertiary/aromatic N) is 2. The second kappa shape index (κ2) is 7.77. The van der Waals surface area contributed by atoms with Crippen LogP contribution < -0.4 is 10.7 Å². The summed E-state index contributed by atoms with van der Waals surface area (Å²) in [5, 5.41) is 8.90. The molecule has 0 radical (unpaired) electrons. The largest absolute Gasteiger partial charge is 0.455 e. The number of aryl methyl sites for hydroxylation is 1. The van der Waals surface area contributed by atoms with Gasteiger partial charge in [-0.1, -0.05) is 12.1 Å². The molecule has 0 aliphatic heterocycles. The highest BCUT2D eigenvalue weighted by atomic mass is 32.1. The Morgan fingerprint density at radius 1 is 1.18 bits per heavy atom. The number of carbonyl (C=O) groups excluding carboxylic acids is 2. The summed E-state index contributed by atoms with van der Waals surface area (Å²) < 4.78 is 5.85. The molecule has 3 aromatic rings. The fourth-order valence-electron chi connectivity index (χ4n) is 3.19. The van der Waals surface area contributed by atoms with Gasteiger partial charge in [0.25, 0.3) is 11.8 Å². The summed E-state index contributed by atoms with van der Waals surface area (Å²) in [6, 6.07) is 8.85. The Balaban J connectivity index is 1.58. The molecule has 142 valence electrons. The first-order chi connectivity index (χ1) is 13.6. The second-order valence-corrected chi connectivity index (χ2v) is 7.30. The Morgan fingerprint density at radius 3 is 2.82 bits per heavy atom. The maximum atomic E-state index is 12.6. The zero-order chi connectivity index (χ0) is 19.5. The van der Waals surface area contributed by atoms with Crippen LogP contribution in [0.2, 0.25) is 0 Å². The summed E-state index contributed by atoms with van der Waals surface area (Å²) in [4.78, 5) is 29.5. The van der Waals surface area contributed by atoms with Gasteiger partial charge in [0, 0.05) is 23.7 Å². The molecule has 28 heavy (non-hydrogen) atoms. The van der Waals surface area contributed by atoms with E-state index in [2.05, 4.69) is 20.8 Å². The Hall–Kier alpha value is -3.26. The number of amides is 2. The Bertz CT molecular complexity index is 1040. The molecule has 8 heteroatoms. The third kappa shape index (κ3) is 3.59. The molecule has 0 aromatic carbocycles. The maximum absolute atomic E-state index is 12.6. The van der Waals surface area contributed by atoms with Crippen LogP contribution >= 0.6 is 11.3 Å². The average Bonchev–Trinajstić information content (AvgIpc) is 3.36. The summed E-state index contributed by atoms with van der Waals surface area (Å²) >= 11 is 1.36. The molecule has 3 heterocycles. The molecule has 0 saturated heterocycles. The van der Waals surface area contributed by atoms with Gasteiger partial charge in [0.2, 0.25) is 0 Å². The average molecular weight is 394 g/mol. The van der Waals surface area contributed by atoms with Crippen molar-refractivity contribution in [2.24, 2.45) is 5.10 Å². The Kier molecular flexibility index (Phi) is 5.03. The van der Waals surface area contributed by atoms with E-state index >= 15 is 0 Å². The van der Waals surface area contributed by atoms with Gasteiger partial charge in [-0.15, -0.1) is 11.3 Å². The lowest BCUT2D eigenvalue weighted by Crippen LogP contribution is -2.21. The van der Waals surface area contributed by atoms with Crippen molar-refractivity contribution >= 4 is 34.7 Å². The summed E-state index contributed by atoms with van der Waals surface area (Å²) in [7, 11) is 0. The number of rotatable bonds is 4. The molecule has 1 aliphatic carbocycles. The maximum Gasteiger partial charge on any atom is 0.292 e. The molecule has 0 spiro atoms. The van der Waals surface area contributed by atoms with E-state index in [9.17, 15) is 9.59 Å². The summed E-state index contributed by atoms with van der Waals surface area (Å²) in [6.45, 7) is 1.83. The van der Waals surface area contributed by atoms with Gasteiger partial charge < -0.3 is 9.73 Å². The molecule has 4 rings (SSSR count). The van der Waals surface area contributed by atoms with Crippen LogP contribution in [0, 0.1) is 6.92 Å². The van der Waals surface area contributed by atoms with E-state index in [-0.39, 0.29) is 17.6 Å². The summed E-state index contributed by atoms with van der Waals surface area (Å²) in [5.74, 6) is 0.823. The molecule has 0 saturated carbocycles. The van der Waals surface area contributed by atoms with Crippen molar-refractivity contribution in [2.45, 2.75) is 26.2 Å². The minimum absolute atomic E-state index is 0.245. The van der Waals surface area contributed by atoms with E-state index in [1.807, 2.05) is 18.4 Å². The molecule has 0 atom stereocenters. The second-order valence-electron chi connectivity index (χ2n) is 6.35. The predicted molar refractivity (Wildman–Crippen MR) is 107 cm³/mol. The fraction of sp³-hybridized carbons (Fsp3) is 0.200. The topological polar surface area (TPSA) is 96.6 Å². The Morgan fingerprint density at radius 2 is 2.07 bits per heavy atom. The molecular formula is C20H18N4O3S. The van der Waals surface area contributed by atoms with Crippen molar-refractivity contribution in [3.63, 3.8) is 0 Å². The normalized spacial score (nSPS) is 14.5. The quantitative estimate of drug-likeness (QED) is 0.659. The minimum atomic E-state index is -0.354. The van der Waals surface area contributed by atoms with E-state index in [1.54, 1.807) is 30.5 Å². The highest BCUT2D eigenvalue weighted by molar-refractivity contribution is 7.12. The summed E-state index contributed by atoms with van der Waals surface area (Å²) in [5.41, 5.74) is 4.86. The third-order valence-corrected chi connectivity index (χ3v) is 5.34. The van der Waals surface area contributed by atoms with Crippen LogP contribution in [0.5, 0.6) is 0 Å². The number of anilines is 1. The van der Waals surface area contributed by atoms with E-state index in [0.29, 0.717) is 22.7 Å². The number of pyridine rings is 1. The van der Waals surface area contributed by atoms with E-state index < -0.39 is 0 Å². The van der Waals surface area contributed by atoms with Crippen LogP contribution in [0.3, 0.4) is 0 Å². The Labute approximate surface area is 165 Å². The van der Waals surface area contributed by atoms with E-state index in [0.717, 1.165) is 29.9 Å². The van der Waals surface area contributed by atoms with Crippen LogP contribution in [0.4, 0.5) is 5.82 Å². The van der Waals surface area contributed by atoms with Crippen LogP contribution in [0.15, 0.2) is 51.4 Å². The van der Waals surface area contributed by atoms with Crippen LogP contribution in [-0.4, -0.2) is 22.5 Å². The van der Waals surface area contributed by atoms with Gasteiger partial charge in [0.15, 0.2) is 5.76 Å². The van der Waals surface area contributed by atoms with Gasteiger partial charge >= 0.3 is 0 Å². The predicted octanol–water partition coefficient (Wildman–Crippen LogP) is 3.77. The van der Waals surface area contributed by atoms with Gasteiger partial charge in [-0.3, -0.25) is 9.59 Å². The van der Waals surface area contributed by atoms with Crippen molar-refractivity contribution in [3.8, 4) is 0 Å². The molecule has 3 aromatic heterocycles. The standard InChI is InChI=1S/C20H18N4O3S/c1-12-17-13(23-24-19(25)15-8-5-11-28-15)6-4-7-14(17)27-18(12)20(26)22-16-9-2-3-10-21-16/h2-3,5,8-11H,4,6-7H2,1H3,(H,24,25)(H,21,22,26)/b23-13+. The van der Waals surface area contributed by atoms with Crippen LogP contribution in [-0.2, 0) is 6.42 Å². The molecule has 2 amide bonds. The molecule has 2 N–H and O–H groups in total. The number of hydrogen-bond donors (Lipinski definition) is 2. The third-order valence-electron chi connectivity index (χ3n) is 4.48. The lowest BCUT2D eigenvalue weighted by Gasteiger charge is -2.13. The lowest BCUT2D eigenvalue weighted by atomic mass is 9.93. The molecule has 0 bridgehead atoms. The van der Waals surface area contributed by atoms with Crippen LogP contribution in [0.1, 0.15) is 50.0 Å². The highest BCUT2D eigenvalue weighted by Gasteiger charge is 2.28. The first kappa shape index (κ1) is 18.1. The number of thiophene rings is 1. The zero-order valence-electron chi connectivity index (χ0n) is 15.2. The summed E-state index contributed by atoms with van der Waals surface area (Å²) in [6.07, 6.45) is 3.88. The van der Waals surface area contributed by atoms with Gasteiger partial charge in [-0.2, -0.15) is 5.10 Å². The number of aromatic nitrogens is 1. The minimum Gasteiger partial charge on any atom is -0.455 e. The van der Waals surface area contributed by atoms with Crippen molar-refractivity contribution in [1.82, 2.24) is 10.4 Å². The van der Waals surface area contributed by atoms with Crippen molar-refractivity contribution in [3.05, 3.63) is 69.4 Å². The highest BCUT2D eigenvalue weighted by Crippen LogP contribution is 2.30. The van der Waals surface area contributed by atoms with E-state index in [4.69, 9.17) is 4.42 Å². The lowest BCUT2D eigenvalue weighted by molar-refractivity contribution is 0.0957. The number of hydrogen-bond acceptors (Lipinski definition) is 6. The number of furan rings is 1. The molecule has 1 aliphatic rings. The number of carbonyl (C=O) groups is 2. The van der Waals surface area contributed by atoms with Crippen LogP contribution in [0.25, 0.3) is 0 Å². The first-order valence-electron chi connectivity index (χ1n) is 8.89. The monoisotopic (exact) mass is 394 g/mol. The fourth-order valence-corrected chi connectivity index (χ4v) is 3.80. The number of hydrazone groups is 1. The van der Waals surface area contributed by atoms with Gasteiger partial charge in [-0.05, 0) is 43.3 Å². The molecule has 0 fully saturated rings. The van der Waals surface area contributed by atoms with Gasteiger partial charge in [0.05, 0.1) is 10.6 Å². The zero-order valence-corrected chi connectivity index (χ0v) is 16.0. The van der Waals surface area contributed by atoms with Gasteiger partial charge in [0.1, 0.15) is 11.6 Å². The first-order valence-corrected chi connectivity index (χ1v) is 9.77. The van der Waals surface area contributed by atoms with E-state index in [1.165, 1.54) is 11.3 Å². The van der Waals surface area contributed by atoms with Gasteiger partial charge in [-0.25, -0.2) is 10.4 Å². The molecular weight excluding hydrogens is 376 g/mol. The molecule has 0 unspecified atom stereocenters. The van der Waals surface area contributed by atoms with Crippen molar-refractivity contribution in [2.75, 3.05) is 5.32 Å². The number of fused-ring (bicyclic) bond motifs is 1. The number of nitrogens with one attached hydrogen (secondary N) is 2. The SMILES string of the molecule is Cc1c(C(=O)Nc2ccccn2)oc2c1/C(=N/NC(=O)c1cccs1)CCC2. The smallest absolute Gasteiger partial charge is 0.292 e. The van der Waals surface area contributed by atoms with Crippen molar-refractivity contribution < 1.29 is 14.0 Å².